The summed E-state index contributed by atoms with van der Waals surface area (Å²) in [6, 6.07) is 4.65. The van der Waals surface area contributed by atoms with E-state index in [0.29, 0.717) is 12.2 Å². The number of hydrogen-bond acceptors (Lipinski definition) is 6. The van der Waals surface area contributed by atoms with Gasteiger partial charge in [0.05, 0.1) is 16.9 Å². The van der Waals surface area contributed by atoms with E-state index in [1.54, 1.807) is 26.2 Å². The minimum Gasteiger partial charge on any atom is -0.505 e. The number of amides is 1. The molecule has 0 radical (unpaired) electrons. The zero-order valence-electron chi connectivity index (χ0n) is 16.5. The van der Waals surface area contributed by atoms with E-state index >= 15 is 0 Å². The number of aliphatic hydroxyl groups excluding tert-OH is 1. The van der Waals surface area contributed by atoms with Crippen LogP contribution >= 0.6 is 0 Å². The number of benzene rings is 1. The lowest BCUT2D eigenvalue weighted by Crippen LogP contribution is -2.45. The van der Waals surface area contributed by atoms with Gasteiger partial charge in [0.2, 0.25) is 5.78 Å². The molecule has 1 aromatic rings. The molecule has 1 amide bonds. The molecule has 148 valence electrons. The number of phenols is 1. The molecule has 0 spiro atoms. The fraction of sp³-hybridized carbons (Fsp3) is 0.400. The lowest BCUT2D eigenvalue weighted by atomic mass is 9.94. The molecule has 1 unspecified atom stereocenters. The predicted molar refractivity (Wildman–Crippen MR) is 107 cm³/mol. The molecule has 27 heavy (non-hydrogen) atoms. The minimum absolute atomic E-state index is 0.132. The van der Waals surface area contributed by atoms with Gasteiger partial charge in [-0.3, -0.25) is 9.59 Å². The molecule has 1 aliphatic rings. The molecule has 0 heterocycles. The van der Waals surface area contributed by atoms with Crippen LogP contribution in [0.1, 0.15) is 37.6 Å². The van der Waals surface area contributed by atoms with E-state index in [2.05, 4.69) is 37.3 Å². The Bertz CT molecular complexity index is 708. The molecule has 0 bridgehead atoms. The van der Waals surface area contributed by atoms with Crippen LogP contribution in [0.5, 0.6) is 5.75 Å². The summed E-state index contributed by atoms with van der Waals surface area (Å²) in [6.07, 6.45) is 8.08. The number of likely N-dealkylation sites (N-methyl/N-ethyl adjacent to an activating group) is 1. The van der Waals surface area contributed by atoms with Crippen molar-refractivity contribution in [1.29, 1.82) is 0 Å². The Hall–Kier alpha value is -2.98. The second-order valence-corrected chi connectivity index (χ2v) is 5.82. The van der Waals surface area contributed by atoms with E-state index in [-0.39, 0.29) is 28.6 Å². The standard InChI is InChI=1S/C15H19N3O4.C3H8.C2H2/c1-4-16-10-11(14(21)13(10)20)17-9-7-5-6-8(12(9)19)15(22)18(2)3;1-3-2;1-2/h5-7,13,16-17,19-20H,4H2,1-3H3;3H2,1-2H3;1-2H. The van der Waals surface area contributed by atoms with Crippen LogP contribution in [0, 0.1) is 12.8 Å². The van der Waals surface area contributed by atoms with Crippen molar-refractivity contribution in [2.24, 2.45) is 0 Å². The second kappa shape index (κ2) is 11.6. The van der Waals surface area contributed by atoms with Crippen LogP contribution in [0.25, 0.3) is 0 Å². The topological polar surface area (TPSA) is 102 Å². The Kier molecular flexibility index (Phi) is 10.3. The lowest BCUT2D eigenvalue weighted by molar-refractivity contribution is -0.124. The predicted octanol–water partition coefficient (Wildman–Crippen LogP) is 1.94. The molecule has 7 heteroatoms. The van der Waals surface area contributed by atoms with E-state index in [0.717, 1.165) is 0 Å². The van der Waals surface area contributed by atoms with Crippen molar-refractivity contribution in [2.45, 2.75) is 33.3 Å². The number of aromatic hydroxyl groups is 1. The van der Waals surface area contributed by atoms with Crippen molar-refractivity contribution in [3.05, 3.63) is 35.2 Å². The molecule has 4 N–H and O–H groups in total. The maximum atomic E-state index is 12.0. The molecule has 0 aliphatic heterocycles. The van der Waals surface area contributed by atoms with Crippen LogP contribution in [0.3, 0.4) is 0 Å². The van der Waals surface area contributed by atoms with Crippen molar-refractivity contribution in [2.75, 3.05) is 26.0 Å². The summed E-state index contributed by atoms with van der Waals surface area (Å²) < 4.78 is 0. The van der Waals surface area contributed by atoms with Gasteiger partial charge in [0.1, 0.15) is 5.70 Å². The molecule has 1 atom stereocenters. The number of nitrogens with one attached hydrogen (secondary N) is 2. The molecule has 2 rings (SSSR count). The highest BCUT2D eigenvalue weighted by Gasteiger charge is 2.38. The molecular formula is C20H29N3O4. The van der Waals surface area contributed by atoms with Gasteiger partial charge in [-0.15, -0.1) is 12.8 Å². The van der Waals surface area contributed by atoms with Crippen LogP contribution in [-0.4, -0.2) is 53.5 Å². The molecule has 0 aromatic heterocycles. The average molecular weight is 375 g/mol. The van der Waals surface area contributed by atoms with Gasteiger partial charge in [-0.1, -0.05) is 26.3 Å². The fourth-order valence-corrected chi connectivity index (χ4v) is 2.16. The molecule has 0 saturated carbocycles. The first kappa shape index (κ1) is 24.0. The summed E-state index contributed by atoms with van der Waals surface area (Å²) in [6.45, 7) is 6.64. The Balaban J connectivity index is 0.00000123. The van der Waals surface area contributed by atoms with Gasteiger partial charge in [-0.05, 0) is 19.1 Å². The number of para-hydroxylation sites is 1. The SMILES string of the molecule is C#C.CCC.CCNC1=C(Nc2cccc(C(=O)N(C)C)c2O)C(=O)C1O. The Morgan fingerprint density at radius 2 is 1.78 bits per heavy atom. The van der Waals surface area contributed by atoms with E-state index in [1.165, 1.54) is 17.4 Å². The Morgan fingerprint density at radius 3 is 2.26 bits per heavy atom. The monoisotopic (exact) mass is 375 g/mol. The number of terminal acetylenes is 1. The number of anilines is 1. The van der Waals surface area contributed by atoms with E-state index in [4.69, 9.17) is 0 Å². The zero-order valence-corrected chi connectivity index (χ0v) is 16.5. The third kappa shape index (κ3) is 5.76. The third-order valence-corrected chi connectivity index (χ3v) is 3.34. The molecule has 1 aliphatic carbocycles. The maximum absolute atomic E-state index is 12.0. The fourth-order valence-electron chi connectivity index (χ4n) is 2.16. The van der Waals surface area contributed by atoms with E-state index in [1.807, 2.05) is 6.92 Å². The van der Waals surface area contributed by atoms with Gasteiger partial charge in [0.15, 0.2) is 11.9 Å². The third-order valence-electron chi connectivity index (χ3n) is 3.34. The summed E-state index contributed by atoms with van der Waals surface area (Å²) >= 11 is 0. The van der Waals surface area contributed by atoms with Crippen molar-refractivity contribution in [3.8, 4) is 18.6 Å². The van der Waals surface area contributed by atoms with Crippen LogP contribution in [0.4, 0.5) is 5.69 Å². The average Bonchev–Trinajstić information content (AvgIpc) is 2.67. The number of ketones is 1. The van der Waals surface area contributed by atoms with Gasteiger partial charge < -0.3 is 25.7 Å². The largest absolute Gasteiger partial charge is 0.505 e. The van der Waals surface area contributed by atoms with Gasteiger partial charge >= 0.3 is 0 Å². The zero-order chi connectivity index (χ0) is 21.1. The first-order valence-corrected chi connectivity index (χ1v) is 8.64. The van der Waals surface area contributed by atoms with Crippen LogP contribution in [0.2, 0.25) is 0 Å². The number of nitrogens with zero attached hydrogens (tertiary/aromatic N) is 1. The first-order valence-electron chi connectivity index (χ1n) is 8.64. The quantitative estimate of drug-likeness (QED) is 0.463. The van der Waals surface area contributed by atoms with Gasteiger partial charge in [0.25, 0.3) is 5.91 Å². The minimum atomic E-state index is -1.17. The molecule has 7 nitrogen and oxygen atoms in total. The normalized spacial score (nSPS) is 14.7. The Labute approximate surface area is 161 Å². The van der Waals surface area contributed by atoms with E-state index < -0.39 is 11.9 Å². The smallest absolute Gasteiger partial charge is 0.257 e. The van der Waals surface area contributed by atoms with Crippen LogP contribution in [0.15, 0.2) is 29.6 Å². The molecule has 0 saturated heterocycles. The first-order chi connectivity index (χ1) is 12.8. The Morgan fingerprint density at radius 1 is 1.22 bits per heavy atom. The second-order valence-electron chi connectivity index (χ2n) is 5.82. The molecule has 1 aromatic carbocycles. The van der Waals surface area contributed by atoms with E-state index in [9.17, 15) is 19.8 Å². The number of aliphatic hydroxyl groups is 1. The van der Waals surface area contributed by atoms with Gasteiger partial charge in [-0.25, -0.2) is 0 Å². The number of hydrogen-bond donors (Lipinski definition) is 4. The molecular weight excluding hydrogens is 346 g/mol. The number of rotatable bonds is 5. The number of Topliss-reactive ketones (excluding diaryl/α,β-unsaturated/α-hetero) is 1. The van der Waals surface area contributed by atoms with Gasteiger partial charge in [0, 0.05) is 20.6 Å². The number of carbonyl (C=O) groups is 2. The van der Waals surface area contributed by atoms with Gasteiger partial charge in [-0.2, -0.15) is 0 Å². The summed E-state index contributed by atoms with van der Waals surface area (Å²) in [5.41, 5.74) is 0.946. The lowest BCUT2D eigenvalue weighted by Gasteiger charge is -2.29. The van der Waals surface area contributed by atoms with Crippen molar-refractivity contribution >= 4 is 17.4 Å². The summed E-state index contributed by atoms with van der Waals surface area (Å²) in [7, 11) is 3.17. The highest BCUT2D eigenvalue weighted by Crippen LogP contribution is 2.32. The molecule has 0 fully saturated rings. The number of phenolic OH excluding ortho intramolecular Hbond substituents is 1. The van der Waals surface area contributed by atoms with Crippen LogP contribution < -0.4 is 10.6 Å². The highest BCUT2D eigenvalue weighted by atomic mass is 16.3. The summed E-state index contributed by atoms with van der Waals surface area (Å²) in [5.74, 6) is -1.04. The highest BCUT2D eigenvalue weighted by molar-refractivity contribution is 6.11. The van der Waals surface area contributed by atoms with Crippen LogP contribution in [-0.2, 0) is 4.79 Å². The van der Waals surface area contributed by atoms with Crippen molar-refractivity contribution in [3.63, 3.8) is 0 Å². The maximum Gasteiger partial charge on any atom is 0.257 e. The summed E-state index contributed by atoms with van der Waals surface area (Å²) in [5, 5.41) is 25.5. The summed E-state index contributed by atoms with van der Waals surface area (Å²) in [4.78, 5) is 25.0. The number of carbonyl (C=O) groups excluding carboxylic acids is 2. The van der Waals surface area contributed by atoms with Crippen molar-refractivity contribution < 1.29 is 19.8 Å². The van der Waals surface area contributed by atoms with Crippen molar-refractivity contribution in [1.82, 2.24) is 10.2 Å².